The molecule has 0 bridgehead atoms. The van der Waals surface area contributed by atoms with E-state index >= 15 is 0 Å². The summed E-state index contributed by atoms with van der Waals surface area (Å²) in [5.41, 5.74) is 1.50. The summed E-state index contributed by atoms with van der Waals surface area (Å²) < 4.78 is 12.1. The Hall–Kier alpha value is -2.90. The summed E-state index contributed by atoms with van der Waals surface area (Å²) in [7, 11) is 0. The van der Waals surface area contributed by atoms with Gasteiger partial charge >= 0.3 is 5.97 Å². The molecule has 26 heavy (non-hydrogen) atoms. The molecule has 8 heteroatoms. The summed E-state index contributed by atoms with van der Waals surface area (Å²) in [6.45, 7) is 0.0116. The molecule has 3 aromatic heterocycles. The zero-order valence-electron chi connectivity index (χ0n) is 13.3. The largest absolute Gasteiger partial charge is 0.454 e. The SMILES string of the molecule is O=C(OCc1cc(-c2cccs2)on1)c1ccn(-c2cccc(Cl)c2)n1. The van der Waals surface area contributed by atoms with Gasteiger partial charge in [0.15, 0.2) is 11.5 Å². The summed E-state index contributed by atoms with van der Waals surface area (Å²) in [5.74, 6) is 0.114. The van der Waals surface area contributed by atoms with Crippen LogP contribution in [-0.2, 0) is 11.3 Å². The highest BCUT2D eigenvalue weighted by molar-refractivity contribution is 7.13. The summed E-state index contributed by atoms with van der Waals surface area (Å²) >= 11 is 7.52. The van der Waals surface area contributed by atoms with Gasteiger partial charge in [0.25, 0.3) is 0 Å². The molecule has 0 spiro atoms. The van der Waals surface area contributed by atoms with Gasteiger partial charge in [0, 0.05) is 17.3 Å². The van der Waals surface area contributed by atoms with E-state index in [9.17, 15) is 4.79 Å². The lowest BCUT2D eigenvalue weighted by atomic mass is 10.3. The number of rotatable bonds is 5. The Morgan fingerprint density at radius 2 is 2.15 bits per heavy atom. The van der Waals surface area contributed by atoms with Gasteiger partial charge in [-0.25, -0.2) is 9.48 Å². The van der Waals surface area contributed by atoms with Crippen LogP contribution < -0.4 is 0 Å². The van der Waals surface area contributed by atoms with Crippen LogP contribution in [0, 0.1) is 0 Å². The van der Waals surface area contributed by atoms with Crippen molar-refractivity contribution in [2.24, 2.45) is 0 Å². The topological polar surface area (TPSA) is 70.2 Å². The Kier molecular flexibility index (Phi) is 4.55. The van der Waals surface area contributed by atoms with Gasteiger partial charge in [0.1, 0.15) is 12.3 Å². The molecule has 0 amide bonds. The first-order chi connectivity index (χ1) is 12.7. The van der Waals surface area contributed by atoms with E-state index in [2.05, 4.69) is 10.3 Å². The van der Waals surface area contributed by atoms with Crippen molar-refractivity contribution in [3.63, 3.8) is 0 Å². The standard InChI is InChI=1S/C18H12ClN3O3S/c19-12-3-1-4-14(9-12)22-7-6-15(20-22)18(23)24-11-13-10-16(25-21-13)17-5-2-8-26-17/h1-10H,11H2. The van der Waals surface area contributed by atoms with Crippen molar-refractivity contribution in [2.75, 3.05) is 0 Å². The highest BCUT2D eigenvalue weighted by atomic mass is 35.5. The molecular weight excluding hydrogens is 374 g/mol. The lowest BCUT2D eigenvalue weighted by molar-refractivity contribution is 0.0457. The van der Waals surface area contributed by atoms with E-state index in [4.69, 9.17) is 20.9 Å². The van der Waals surface area contributed by atoms with Crippen molar-refractivity contribution < 1.29 is 14.1 Å². The summed E-state index contributed by atoms with van der Waals surface area (Å²) in [5, 5.41) is 10.7. The van der Waals surface area contributed by atoms with Crippen LogP contribution >= 0.6 is 22.9 Å². The van der Waals surface area contributed by atoms with Crippen LogP contribution in [0.15, 0.2) is 64.6 Å². The van der Waals surface area contributed by atoms with Crippen molar-refractivity contribution in [1.29, 1.82) is 0 Å². The molecule has 0 atom stereocenters. The van der Waals surface area contributed by atoms with E-state index < -0.39 is 5.97 Å². The van der Waals surface area contributed by atoms with E-state index in [1.807, 2.05) is 29.6 Å². The Morgan fingerprint density at radius 1 is 1.23 bits per heavy atom. The minimum absolute atomic E-state index is 0.0116. The van der Waals surface area contributed by atoms with E-state index in [0.29, 0.717) is 16.5 Å². The molecule has 0 fully saturated rings. The fraction of sp³-hybridized carbons (Fsp3) is 0.0556. The van der Waals surface area contributed by atoms with Gasteiger partial charge in [0.2, 0.25) is 0 Å². The lowest BCUT2D eigenvalue weighted by Crippen LogP contribution is -2.07. The molecule has 1 aromatic carbocycles. The van der Waals surface area contributed by atoms with Crippen molar-refractivity contribution in [1.82, 2.24) is 14.9 Å². The molecule has 0 saturated carbocycles. The van der Waals surface area contributed by atoms with Crippen LogP contribution in [0.25, 0.3) is 16.3 Å². The van der Waals surface area contributed by atoms with E-state index in [-0.39, 0.29) is 12.3 Å². The average molecular weight is 386 g/mol. The maximum Gasteiger partial charge on any atom is 0.359 e. The minimum atomic E-state index is -0.536. The van der Waals surface area contributed by atoms with Gasteiger partial charge in [-0.3, -0.25) is 0 Å². The van der Waals surface area contributed by atoms with E-state index in [0.717, 1.165) is 10.6 Å². The number of esters is 1. The second-order valence-corrected chi connectivity index (χ2v) is 6.75. The van der Waals surface area contributed by atoms with Crippen molar-refractivity contribution in [2.45, 2.75) is 6.61 Å². The van der Waals surface area contributed by atoms with Gasteiger partial charge in [-0.15, -0.1) is 11.3 Å². The second-order valence-electron chi connectivity index (χ2n) is 5.36. The van der Waals surface area contributed by atoms with E-state index in [1.54, 1.807) is 46.5 Å². The molecule has 4 aromatic rings. The zero-order valence-corrected chi connectivity index (χ0v) is 14.9. The smallest absolute Gasteiger partial charge is 0.359 e. The number of thiophene rings is 1. The Balaban J connectivity index is 1.41. The quantitative estimate of drug-likeness (QED) is 0.469. The molecular formula is C18H12ClN3O3S. The fourth-order valence-corrected chi connectivity index (χ4v) is 3.18. The summed E-state index contributed by atoms with van der Waals surface area (Å²) in [6.07, 6.45) is 1.67. The molecule has 0 aliphatic heterocycles. The minimum Gasteiger partial charge on any atom is -0.454 e. The monoisotopic (exact) mass is 385 g/mol. The van der Waals surface area contributed by atoms with E-state index in [1.165, 1.54) is 0 Å². The van der Waals surface area contributed by atoms with Crippen molar-refractivity contribution in [3.05, 3.63) is 76.5 Å². The van der Waals surface area contributed by atoms with Gasteiger partial charge in [-0.05, 0) is 35.7 Å². The average Bonchev–Trinajstić information content (AvgIpc) is 3.40. The number of aromatic nitrogens is 3. The number of halogens is 1. The van der Waals surface area contributed by atoms with Crippen LogP contribution in [0.4, 0.5) is 0 Å². The number of carbonyl (C=O) groups is 1. The molecule has 0 radical (unpaired) electrons. The third-order valence-corrected chi connectivity index (χ3v) is 4.66. The number of ether oxygens (including phenoxy) is 1. The van der Waals surface area contributed by atoms with Crippen LogP contribution in [0.1, 0.15) is 16.2 Å². The first kappa shape index (κ1) is 16.6. The summed E-state index contributed by atoms with van der Waals surface area (Å²) in [6, 6.07) is 14.4. The van der Waals surface area contributed by atoms with Crippen LogP contribution in [0.2, 0.25) is 5.02 Å². The van der Waals surface area contributed by atoms with Crippen LogP contribution in [0.3, 0.4) is 0 Å². The van der Waals surface area contributed by atoms with Crippen molar-refractivity contribution >= 4 is 28.9 Å². The third kappa shape index (κ3) is 3.54. The predicted molar refractivity (Wildman–Crippen MR) is 97.5 cm³/mol. The molecule has 0 aliphatic carbocycles. The predicted octanol–water partition coefficient (Wildman–Crippen LogP) is 4.60. The highest BCUT2D eigenvalue weighted by Crippen LogP contribution is 2.25. The van der Waals surface area contributed by atoms with Gasteiger partial charge in [-0.1, -0.05) is 28.9 Å². The molecule has 6 nitrogen and oxygen atoms in total. The van der Waals surface area contributed by atoms with Gasteiger partial charge in [-0.2, -0.15) is 5.10 Å². The zero-order chi connectivity index (χ0) is 17.9. The highest BCUT2D eigenvalue weighted by Gasteiger charge is 2.14. The second kappa shape index (κ2) is 7.15. The summed E-state index contributed by atoms with van der Waals surface area (Å²) in [4.78, 5) is 13.2. The molecule has 4 rings (SSSR count). The van der Waals surface area contributed by atoms with Crippen LogP contribution in [0.5, 0.6) is 0 Å². The number of nitrogens with zero attached hydrogens (tertiary/aromatic N) is 3. The molecule has 3 heterocycles. The lowest BCUT2D eigenvalue weighted by Gasteiger charge is -2.02. The molecule has 0 saturated heterocycles. The Bertz CT molecular complexity index is 1040. The van der Waals surface area contributed by atoms with Crippen molar-refractivity contribution in [3.8, 4) is 16.3 Å². The maximum absolute atomic E-state index is 12.2. The molecule has 130 valence electrons. The number of benzene rings is 1. The molecule has 0 unspecified atom stereocenters. The first-order valence-electron chi connectivity index (χ1n) is 7.67. The van der Waals surface area contributed by atoms with Gasteiger partial charge < -0.3 is 9.26 Å². The normalized spacial score (nSPS) is 10.8. The number of carbonyl (C=O) groups excluding carboxylic acids is 1. The molecule has 0 aliphatic rings. The maximum atomic E-state index is 12.2. The number of hydrogen-bond donors (Lipinski definition) is 0. The third-order valence-electron chi connectivity index (χ3n) is 3.55. The van der Waals surface area contributed by atoms with Crippen LogP contribution in [-0.4, -0.2) is 20.9 Å². The first-order valence-corrected chi connectivity index (χ1v) is 8.93. The Morgan fingerprint density at radius 3 is 2.96 bits per heavy atom. The fourth-order valence-electron chi connectivity index (χ4n) is 2.32. The Labute approximate surface area is 157 Å². The number of hydrogen-bond acceptors (Lipinski definition) is 6. The van der Waals surface area contributed by atoms with Gasteiger partial charge in [0.05, 0.1) is 10.6 Å². The molecule has 0 N–H and O–H groups in total.